The van der Waals surface area contributed by atoms with Crippen molar-refractivity contribution in [3.63, 3.8) is 0 Å². The molecule has 0 aliphatic carbocycles. The van der Waals surface area contributed by atoms with E-state index in [1.54, 1.807) is 18.2 Å². The molecule has 26 heavy (non-hydrogen) atoms. The van der Waals surface area contributed by atoms with Crippen LogP contribution in [0.3, 0.4) is 0 Å². The zero-order chi connectivity index (χ0) is 19.4. The third kappa shape index (κ3) is 7.36. The Morgan fingerprint density at radius 3 is 2.38 bits per heavy atom. The van der Waals surface area contributed by atoms with E-state index in [1.807, 2.05) is 0 Å². The first kappa shape index (κ1) is 20.8. The van der Waals surface area contributed by atoms with Gasteiger partial charge in [0.05, 0.1) is 19.3 Å². The number of phosphoric acid groups is 2. The van der Waals surface area contributed by atoms with Crippen molar-refractivity contribution < 1.29 is 46.9 Å². The van der Waals surface area contributed by atoms with Crippen molar-refractivity contribution in [2.45, 2.75) is 12.5 Å². The van der Waals surface area contributed by atoms with Crippen LogP contribution in [0.2, 0.25) is 0 Å². The van der Waals surface area contributed by atoms with Crippen molar-refractivity contribution in [3.8, 4) is 5.75 Å². The molecule has 0 radical (unpaired) electrons. The molecular formula is C13H16O11P2. The predicted molar refractivity (Wildman–Crippen MR) is 87.5 cm³/mol. The quantitative estimate of drug-likeness (QED) is 0.345. The molecule has 0 aliphatic heterocycles. The average Bonchev–Trinajstić information content (AvgIpc) is 2.50. The van der Waals surface area contributed by atoms with Gasteiger partial charge in [-0.2, -0.15) is 0 Å². The lowest BCUT2D eigenvalue weighted by Gasteiger charge is -2.18. The van der Waals surface area contributed by atoms with Crippen molar-refractivity contribution in [3.05, 3.63) is 40.8 Å². The molecular weight excluding hydrogens is 394 g/mol. The summed E-state index contributed by atoms with van der Waals surface area (Å²) in [5.41, 5.74) is -0.234. The summed E-state index contributed by atoms with van der Waals surface area (Å²) in [6, 6.07) is 7.55. The Bertz CT molecular complexity index is 896. The van der Waals surface area contributed by atoms with Crippen molar-refractivity contribution in [2.24, 2.45) is 0 Å². The second-order valence-electron chi connectivity index (χ2n) is 5.10. The fraction of sp³-hybridized carbons (Fsp3) is 0.308. The van der Waals surface area contributed by atoms with Gasteiger partial charge in [-0.05, 0) is 18.2 Å². The summed E-state index contributed by atoms with van der Waals surface area (Å²) >= 11 is 0. The van der Waals surface area contributed by atoms with Crippen molar-refractivity contribution in [2.75, 3.05) is 13.2 Å². The summed E-state index contributed by atoms with van der Waals surface area (Å²) in [4.78, 5) is 46.2. The SMILES string of the molecule is O=c1ccc2ccc(OCCC(COP(=O)(O)O)OP(=O)(O)O)cc2o1. The monoisotopic (exact) mass is 410 g/mol. The first-order valence-electron chi connectivity index (χ1n) is 7.13. The van der Waals surface area contributed by atoms with Gasteiger partial charge in [0.1, 0.15) is 11.3 Å². The van der Waals surface area contributed by atoms with Gasteiger partial charge in [0.2, 0.25) is 0 Å². The number of ether oxygens (including phenoxy) is 1. The van der Waals surface area contributed by atoms with Crippen molar-refractivity contribution in [1.82, 2.24) is 0 Å². The normalized spacial score (nSPS) is 13.7. The maximum atomic E-state index is 11.2. The molecule has 0 saturated carbocycles. The van der Waals surface area contributed by atoms with E-state index < -0.39 is 34.0 Å². The minimum absolute atomic E-state index is 0.113. The highest BCUT2D eigenvalue weighted by Crippen LogP contribution is 2.41. The summed E-state index contributed by atoms with van der Waals surface area (Å²) in [5.74, 6) is 0.317. The minimum atomic E-state index is -4.89. The van der Waals surface area contributed by atoms with Crippen LogP contribution >= 0.6 is 15.6 Å². The molecule has 13 heteroatoms. The van der Waals surface area contributed by atoms with Crippen LogP contribution in [0.5, 0.6) is 5.75 Å². The van der Waals surface area contributed by atoms with E-state index in [1.165, 1.54) is 12.1 Å². The van der Waals surface area contributed by atoms with Crippen LogP contribution in [-0.4, -0.2) is 38.9 Å². The first-order chi connectivity index (χ1) is 12.0. The fourth-order valence-corrected chi connectivity index (χ4v) is 2.89. The van der Waals surface area contributed by atoms with E-state index in [0.717, 1.165) is 0 Å². The van der Waals surface area contributed by atoms with Crippen LogP contribution in [-0.2, 0) is 18.2 Å². The zero-order valence-electron chi connectivity index (χ0n) is 13.1. The third-order valence-corrected chi connectivity index (χ3v) is 4.08. The largest absolute Gasteiger partial charge is 0.493 e. The number of hydrogen-bond acceptors (Lipinski definition) is 7. The number of benzene rings is 1. The molecule has 2 rings (SSSR count). The van der Waals surface area contributed by atoms with Gasteiger partial charge < -0.3 is 28.7 Å². The molecule has 1 aromatic carbocycles. The molecule has 1 unspecified atom stereocenters. The lowest BCUT2D eigenvalue weighted by atomic mass is 10.2. The third-order valence-electron chi connectivity index (χ3n) is 3.02. The van der Waals surface area contributed by atoms with E-state index in [4.69, 9.17) is 28.7 Å². The molecule has 1 atom stereocenters. The Hall–Kier alpha value is -1.55. The molecule has 1 aromatic heterocycles. The Morgan fingerprint density at radius 2 is 1.73 bits per heavy atom. The van der Waals surface area contributed by atoms with E-state index >= 15 is 0 Å². The molecule has 2 aromatic rings. The molecule has 144 valence electrons. The van der Waals surface area contributed by atoms with E-state index in [9.17, 15) is 13.9 Å². The lowest BCUT2D eigenvalue weighted by Crippen LogP contribution is -2.21. The summed E-state index contributed by atoms with van der Waals surface area (Å²) in [6.07, 6.45) is -1.45. The van der Waals surface area contributed by atoms with Gasteiger partial charge in [-0.3, -0.25) is 9.05 Å². The minimum Gasteiger partial charge on any atom is -0.493 e. The molecule has 11 nitrogen and oxygen atoms in total. The molecule has 0 amide bonds. The average molecular weight is 410 g/mol. The maximum absolute atomic E-state index is 11.2. The van der Waals surface area contributed by atoms with Crippen molar-refractivity contribution in [1.29, 1.82) is 0 Å². The van der Waals surface area contributed by atoms with Gasteiger partial charge in [-0.1, -0.05) is 0 Å². The number of rotatable bonds is 9. The summed E-state index contributed by atoms with van der Waals surface area (Å²) in [6.45, 7) is -0.858. The van der Waals surface area contributed by atoms with Crippen LogP contribution in [0.4, 0.5) is 0 Å². The lowest BCUT2D eigenvalue weighted by molar-refractivity contribution is 0.0598. The Kier molecular flexibility index (Phi) is 6.73. The molecule has 4 N–H and O–H groups in total. The van der Waals surface area contributed by atoms with Crippen LogP contribution in [0.15, 0.2) is 39.5 Å². The van der Waals surface area contributed by atoms with Crippen molar-refractivity contribution >= 4 is 26.6 Å². The number of phosphoric ester groups is 2. The van der Waals surface area contributed by atoms with Crippen LogP contribution < -0.4 is 10.4 Å². The fourth-order valence-electron chi connectivity index (χ4n) is 1.98. The van der Waals surface area contributed by atoms with Gasteiger partial charge in [-0.15, -0.1) is 0 Å². The Labute approximate surface area is 146 Å². The van der Waals surface area contributed by atoms with E-state index in [0.29, 0.717) is 16.7 Å². The van der Waals surface area contributed by atoms with Gasteiger partial charge in [0.15, 0.2) is 0 Å². The van der Waals surface area contributed by atoms with E-state index in [-0.39, 0.29) is 13.0 Å². The van der Waals surface area contributed by atoms with Gasteiger partial charge in [0.25, 0.3) is 0 Å². The smallest absolute Gasteiger partial charge is 0.469 e. The van der Waals surface area contributed by atoms with Crippen LogP contribution in [0.1, 0.15) is 6.42 Å². The van der Waals surface area contributed by atoms with Gasteiger partial charge >= 0.3 is 21.3 Å². The highest BCUT2D eigenvalue weighted by molar-refractivity contribution is 7.46. The maximum Gasteiger partial charge on any atom is 0.469 e. The number of hydrogen-bond donors (Lipinski definition) is 4. The zero-order valence-corrected chi connectivity index (χ0v) is 14.9. The van der Waals surface area contributed by atoms with E-state index in [2.05, 4.69) is 9.05 Å². The van der Waals surface area contributed by atoms with Gasteiger partial charge in [0, 0.05) is 23.9 Å². The standard InChI is InChI=1S/C13H16O11P2/c14-13-4-2-9-1-3-10(7-12(9)23-13)21-6-5-11(24-26(18,19)20)8-22-25(15,16)17/h1-4,7,11H,5-6,8H2,(H2,15,16,17)(H2,18,19,20). The predicted octanol–water partition coefficient (Wildman–Crippen LogP) is 1.15. The Balaban J connectivity index is 1.98. The topological polar surface area (TPSA) is 173 Å². The second-order valence-corrected chi connectivity index (χ2v) is 7.53. The second kappa shape index (κ2) is 8.43. The highest BCUT2D eigenvalue weighted by Gasteiger charge is 2.25. The summed E-state index contributed by atoms with van der Waals surface area (Å²) < 4.78 is 40.6. The Morgan fingerprint density at radius 1 is 1.04 bits per heavy atom. The van der Waals surface area contributed by atoms with Crippen LogP contribution in [0.25, 0.3) is 11.0 Å². The first-order valence-corrected chi connectivity index (χ1v) is 10.2. The molecule has 0 spiro atoms. The van der Waals surface area contributed by atoms with Gasteiger partial charge in [-0.25, -0.2) is 13.9 Å². The molecule has 1 heterocycles. The molecule has 0 bridgehead atoms. The summed E-state index contributed by atoms with van der Waals surface area (Å²) in [5, 5.41) is 0.676. The number of fused-ring (bicyclic) bond motifs is 1. The molecule has 0 fully saturated rings. The van der Waals surface area contributed by atoms with Crippen LogP contribution in [0, 0.1) is 0 Å². The highest BCUT2D eigenvalue weighted by atomic mass is 31.2. The molecule has 0 aliphatic rings. The summed E-state index contributed by atoms with van der Waals surface area (Å²) in [7, 11) is -9.72. The molecule has 0 saturated heterocycles.